The van der Waals surface area contributed by atoms with E-state index in [0.717, 1.165) is 37.0 Å². The second kappa shape index (κ2) is 5.54. The number of aryl methyl sites for hydroxylation is 2. The lowest BCUT2D eigenvalue weighted by Gasteiger charge is -2.11. The smallest absolute Gasteiger partial charge is 0.259 e. The van der Waals surface area contributed by atoms with Crippen LogP contribution in [0.1, 0.15) is 32.0 Å². The van der Waals surface area contributed by atoms with Crippen molar-refractivity contribution in [2.75, 3.05) is 11.9 Å². The molecule has 1 aliphatic rings. The Morgan fingerprint density at radius 1 is 1.53 bits per heavy atom. The molecule has 0 unspecified atom stereocenters. The van der Waals surface area contributed by atoms with Gasteiger partial charge in [0.2, 0.25) is 0 Å². The average Bonchev–Trinajstić information content (AvgIpc) is 3.07. The second-order valence-electron chi connectivity index (χ2n) is 5.28. The molecule has 1 saturated carbocycles. The maximum Gasteiger partial charge on any atom is 0.259 e. The van der Waals surface area contributed by atoms with E-state index in [-0.39, 0.29) is 10.4 Å². The lowest BCUT2D eigenvalue weighted by atomic mass is 10.1. The molecule has 0 aliphatic heterocycles. The molecule has 19 heavy (non-hydrogen) atoms. The summed E-state index contributed by atoms with van der Waals surface area (Å²) in [7, 11) is -3.49. The van der Waals surface area contributed by atoms with E-state index in [9.17, 15) is 8.42 Å². The third-order valence-electron chi connectivity index (χ3n) is 3.57. The van der Waals surface area contributed by atoms with Gasteiger partial charge in [0.15, 0.2) is 5.03 Å². The number of nitrogens with zero attached hydrogens (tertiary/aromatic N) is 2. The van der Waals surface area contributed by atoms with E-state index in [1.165, 1.54) is 0 Å². The maximum absolute atomic E-state index is 12.2. The molecular weight excluding hydrogens is 330 g/mol. The summed E-state index contributed by atoms with van der Waals surface area (Å²) >= 11 is 3.44. The summed E-state index contributed by atoms with van der Waals surface area (Å²) in [5, 5.41) is 0.968. The van der Waals surface area contributed by atoms with Crippen LogP contribution < -0.4 is 4.72 Å². The highest BCUT2D eigenvalue weighted by molar-refractivity contribution is 9.09. The number of aromatic nitrogens is 2. The number of hydrogen-bond donors (Lipinski definition) is 1. The lowest BCUT2D eigenvalue weighted by Crippen LogP contribution is -2.31. The molecule has 0 spiro atoms. The molecule has 0 saturated heterocycles. The molecule has 1 aromatic heterocycles. The second-order valence-corrected chi connectivity index (χ2v) is 7.55. The van der Waals surface area contributed by atoms with Crippen molar-refractivity contribution in [1.29, 1.82) is 0 Å². The van der Waals surface area contributed by atoms with E-state index in [1.807, 2.05) is 11.5 Å². The fraction of sp³-hybridized carbons (Fsp3) is 0.750. The summed E-state index contributed by atoms with van der Waals surface area (Å²) in [6.07, 6.45) is 4.72. The minimum Gasteiger partial charge on any atom is -0.334 e. The largest absolute Gasteiger partial charge is 0.334 e. The topological polar surface area (TPSA) is 64.0 Å². The van der Waals surface area contributed by atoms with Crippen molar-refractivity contribution in [3.63, 3.8) is 0 Å². The third-order valence-corrected chi connectivity index (χ3v) is 6.03. The molecule has 0 bridgehead atoms. The zero-order chi connectivity index (χ0) is 14.1. The van der Waals surface area contributed by atoms with Gasteiger partial charge < -0.3 is 4.57 Å². The molecule has 1 aliphatic carbocycles. The van der Waals surface area contributed by atoms with Crippen molar-refractivity contribution in [3.8, 4) is 0 Å². The van der Waals surface area contributed by atoms with Gasteiger partial charge in [-0.15, -0.1) is 0 Å². The van der Waals surface area contributed by atoms with Crippen LogP contribution in [0.4, 0.5) is 0 Å². The van der Waals surface area contributed by atoms with Gasteiger partial charge in [-0.1, -0.05) is 22.9 Å². The average molecular weight is 350 g/mol. The van der Waals surface area contributed by atoms with Crippen LogP contribution in [0.5, 0.6) is 0 Å². The molecule has 0 atom stereocenters. The van der Waals surface area contributed by atoms with Gasteiger partial charge in [-0.3, -0.25) is 0 Å². The van der Waals surface area contributed by atoms with E-state index < -0.39 is 10.0 Å². The van der Waals surface area contributed by atoms with Crippen molar-refractivity contribution in [2.24, 2.45) is 5.41 Å². The summed E-state index contributed by atoms with van der Waals surface area (Å²) in [5.41, 5.74) is 0.119. The van der Waals surface area contributed by atoms with Crippen LogP contribution >= 0.6 is 15.9 Å². The van der Waals surface area contributed by atoms with Gasteiger partial charge in [0.05, 0.1) is 0 Å². The van der Waals surface area contributed by atoms with E-state index in [4.69, 9.17) is 0 Å². The highest BCUT2D eigenvalue weighted by Crippen LogP contribution is 2.46. The van der Waals surface area contributed by atoms with Crippen LogP contribution in [0, 0.1) is 12.3 Å². The standard InChI is InChI=1S/C12H20BrN3O2S/c1-3-6-16-7-11(15-10(16)2)19(17,18)14-9-12(8-13)4-5-12/h7,14H,3-6,8-9H2,1-2H3. The van der Waals surface area contributed by atoms with Crippen molar-refractivity contribution in [1.82, 2.24) is 14.3 Å². The fourth-order valence-corrected chi connectivity index (χ4v) is 3.85. The Kier molecular flexibility index (Phi) is 4.37. The summed E-state index contributed by atoms with van der Waals surface area (Å²) in [6, 6.07) is 0. The summed E-state index contributed by atoms with van der Waals surface area (Å²) < 4.78 is 28.9. The molecule has 1 N–H and O–H groups in total. The summed E-state index contributed by atoms with van der Waals surface area (Å²) in [6.45, 7) is 5.16. The Balaban J connectivity index is 2.08. The number of sulfonamides is 1. The minimum atomic E-state index is -3.49. The fourth-order valence-electron chi connectivity index (χ4n) is 1.93. The van der Waals surface area contributed by atoms with Crippen LogP contribution in [-0.4, -0.2) is 29.8 Å². The summed E-state index contributed by atoms with van der Waals surface area (Å²) in [5.74, 6) is 0.740. The predicted octanol–water partition coefficient (Wildman–Crippen LogP) is 2.05. The molecule has 0 radical (unpaired) electrons. The van der Waals surface area contributed by atoms with Gasteiger partial charge in [0, 0.05) is 24.6 Å². The molecule has 0 aromatic carbocycles. The number of alkyl halides is 1. The van der Waals surface area contributed by atoms with E-state index in [1.54, 1.807) is 6.20 Å². The highest BCUT2D eigenvalue weighted by Gasteiger charge is 2.42. The lowest BCUT2D eigenvalue weighted by molar-refractivity contribution is 0.536. The molecule has 2 rings (SSSR count). The Hall–Kier alpha value is -0.400. The van der Waals surface area contributed by atoms with Gasteiger partial charge in [-0.25, -0.2) is 18.1 Å². The zero-order valence-electron chi connectivity index (χ0n) is 11.3. The van der Waals surface area contributed by atoms with Crippen molar-refractivity contribution < 1.29 is 8.42 Å². The molecule has 108 valence electrons. The molecular formula is C12H20BrN3O2S. The first-order valence-electron chi connectivity index (χ1n) is 6.52. The van der Waals surface area contributed by atoms with Crippen LogP contribution in [0.3, 0.4) is 0 Å². The molecule has 0 amide bonds. The van der Waals surface area contributed by atoms with Crippen molar-refractivity contribution in [2.45, 2.75) is 44.7 Å². The van der Waals surface area contributed by atoms with Crippen molar-refractivity contribution in [3.05, 3.63) is 12.0 Å². The Morgan fingerprint density at radius 3 is 2.74 bits per heavy atom. The van der Waals surface area contributed by atoms with E-state index >= 15 is 0 Å². The molecule has 1 heterocycles. The van der Waals surface area contributed by atoms with Gasteiger partial charge in [0.25, 0.3) is 10.0 Å². The Bertz CT molecular complexity index is 549. The molecule has 1 fully saturated rings. The number of halogens is 1. The van der Waals surface area contributed by atoms with Gasteiger partial charge in [-0.2, -0.15) is 0 Å². The number of hydrogen-bond acceptors (Lipinski definition) is 3. The number of nitrogens with one attached hydrogen (secondary N) is 1. The van der Waals surface area contributed by atoms with Crippen molar-refractivity contribution >= 4 is 26.0 Å². The summed E-state index contributed by atoms with van der Waals surface area (Å²) in [4.78, 5) is 4.15. The van der Waals surface area contributed by atoms with Crippen LogP contribution in [-0.2, 0) is 16.6 Å². The van der Waals surface area contributed by atoms with Crippen LogP contribution in [0.2, 0.25) is 0 Å². The first kappa shape index (κ1) is 15.0. The van der Waals surface area contributed by atoms with Crippen LogP contribution in [0.15, 0.2) is 11.2 Å². The number of imidazole rings is 1. The quantitative estimate of drug-likeness (QED) is 0.766. The van der Waals surface area contributed by atoms with Gasteiger partial charge >= 0.3 is 0 Å². The van der Waals surface area contributed by atoms with Crippen LogP contribution in [0.25, 0.3) is 0 Å². The zero-order valence-corrected chi connectivity index (χ0v) is 13.7. The molecule has 5 nitrogen and oxygen atoms in total. The highest BCUT2D eigenvalue weighted by atomic mass is 79.9. The Morgan fingerprint density at radius 2 is 2.21 bits per heavy atom. The third kappa shape index (κ3) is 3.38. The first-order chi connectivity index (χ1) is 8.92. The van der Waals surface area contributed by atoms with E-state index in [0.29, 0.717) is 6.54 Å². The maximum atomic E-state index is 12.2. The number of rotatable bonds is 7. The SMILES string of the molecule is CCCn1cc(S(=O)(=O)NCC2(CBr)CC2)nc1C. The van der Waals surface area contributed by atoms with Gasteiger partial charge in [0.1, 0.15) is 5.82 Å². The predicted molar refractivity (Wildman–Crippen MR) is 77.9 cm³/mol. The Labute approximate surface area is 123 Å². The first-order valence-corrected chi connectivity index (χ1v) is 9.12. The monoisotopic (exact) mass is 349 g/mol. The normalized spacial score (nSPS) is 17.6. The minimum absolute atomic E-state index is 0.119. The van der Waals surface area contributed by atoms with Gasteiger partial charge in [-0.05, 0) is 31.6 Å². The van der Waals surface area contributed by atoms with E-state index in [2.05, 4.69) is 32.6 Å². The molecule has 1 aromatic rings. The molecule has 7 heteroatoms.